The zero-order chi connectivity index (χ0) is 23.1. The normalized spacial score (nSPS) is 23.4. The van der Waals surface area contributed by atoms with Gasteiger partial charge in [-0.05, 0) is 107 Å². The summed E-state index contributed by atoms with van der Waals surface area (Å²) in [6.45, 7) is 33.3. The van der Waals surface area contributed by atoms with Crippen LogP contribution in [0.1, 0.15) is 135 Å². The van der Waals surface area contributed by atoms with E-state index < -0.39 is 0 Å². The van der Waals surface area contributed by atoms with Crippen LogP contribution < -0.4 is 0 Å². The third-order valence-corrected chi connectivity index (χ3v) is 8.33. The van der Waals surface area contributed by atoms with Crippen molar-refractivity contribution in [2.24, 2.45) is 33.5 Å². The summed E-state index contributed by atoms with van der Waals surface area (Å²) >= 11 is 0. The number of hydrogen-bond donors (Lipinski definition) is 0. The Morgan fingerprint density at radius 1 is 0.552 bits per heavy atom. The molecule has 0 unspecified atom stereocenters. The third-order valence-electron chi connectivity index (χ3n) is 8.33. The second kappa shape index (κ2) is 8.48. The van der Waals surface area contributed by atoms with Crippen LogP contribution in [0.15, 0.2) is 0 Å². The standard InChI is InChI=1S/C28H56O/c1-23(2,3)27(11,12)19-25(7,8)21-15-17-22(18-16-21)26(9,10)20-28(13,14)29-24(4,5)6/h21-22H,15-20H2,1-14H3. The highest BCUT2D eigenvalue weighted by atomic mass is 16.5. The first-order valence-corrected chi connectivity index (χ1v) is 12.3. The summed E-state index contributed by atoms with van der Waals surface area (Å²) < 4.78 is 6.41. The second-order valence-electron chi connectivity index (χ2n) is 15.0. The van der Waals surface area contributed by atoms with Gasteiger partial charge in [0.05, 0.1) is 11.2 Å². The average Bonchev–Trinajstić information content (AvgIpc) is 2.41. The van der Waals surface area contributed by atoms with Crippen LogP contribution in [0.25, 0.3) is 0 Å². The molecule has 29 heavy (non-hydrogen) atoms. The smallest absolute Gasteiger partial charge is 0.0638 e. The zero-order valence-corrected chi connectivity index (χ0v) is 22.8. The van der Waals surface area contributed by atoms with Gasteiger partial charge in [-0.1, -0.05) is 62.3 Å². The van der Waals surface area contributed by atoms with Crippen molar-refractivity contribution in [3.05, 3.63) is 0 Å². The molecule has 0 N–H and O–H groups in total. The predicted octanol–water partition coefficient (Wildman–Crippen LogP) is 9.29. The van der Waals surface area contributed by atoms with E-state index in [-0.39, 0.29) is 11.2 Å². The molecule has 1 saturated carbocycles. The number of ether oxygens (including phenoxy) is 1. The highest BCUT2D eigenvalue weighted by Gasteiger charge is 2.44. The van der Waals surface area contributed by atoms with Crippen LogP contribution in [0, 0.1) is 33.5 Å². The minimum Gasteiger partial charge on any atom is -0.370 e. The van der Waals surface area contributed by atoms with E-state index in [0.717, 1.165) is 18.3 Å². The van der Waals surface area contributed by atoms with Crippen LogP contribution >= 0.6 is 0 Å². The average molecular weight is 409 g/mol. The van der Waals surface area contributed by atoms with Gasteiger partial charge in [0.2, 0.25) is 0 Å². The highest BCUT2D eigenvalue weighted by molar-refractivity contribution is 4.94. The van der Waals surface area contributed by atoms with Crippen molar-refractivity contribution in [2.45, 2.75) is 147 Å². The lowest BCUT2D eigenvalue weighted by molar-refractivity contribution is -0.135. The van der Waals surface area contributed by atoms with Crippen LogP contribution in [0.5, 0.6) is 0 Å². The van der Waals surface area contributed by atoms with Crippen LogP contribution in [-0.2, 0) is 4.74 Å². The Balaban J connectivity index is 2.75. The fraction of sp³-hybridized carbons (Fsp3) is 1.00. The van der Waals surface area contributed by atoms with Crippen molar-refractivity contribution >= 4 is 0 Å². The first-order chi connectivity index (χ1) is 12.6. The van der Waals surface area contributed by atoms with Gasteiger partial charge in [-0.2, -0.15) is 0 Å². The first-order valence-electron chi connectivity index (χ1n) is 12.3. The largest absolute Gasteiger partial charge is 0.370 e. The molecule has 1 aliphatic rings. The fourth-order valence-electron chi connectivity index (χ4n) is 6.31. The Kier molecular flexibility index (Phi) is 7.89. The summed E-state index contributed by atoms with van der Waals surface area (Å²) in [6, 6.07) is 0. The predicted molar refractivity (Wildman–Crippen MR) is 130 cm³/mol. The van der Waals surface area contributed by atoms with E-state index in [2.05, 4.69) is 96.9 Å². The second-order valence-corrected chi connectivity index (χ2v) is 15.0. The van der Waals surface area contributed by atoms with Crippen molar-refractivity contribution in [2.75, 3.05) is 0 Å². The van der Waals surface area contributed by atoms with E-state index in [9.17, 15) is 0 Å². The molecule has 0 saturated heterocycles. The van der Waals surface area contributed by atoms with Gasteiger partial charge in [0.25, 0.3) is 0 Å². The quantitative estimate of drug-likeness (QED) is 0.407. The molecule has 0 radical (unpaired) electrons. The zero-order valence-electron chi connectivity index (χ0n) is 22.8. The minimum absolute atomic E-state index is 0.0748. The summed E-state index contributed by atoms with van der Waals surface area (Å²) in [4.78, 5) is 0. The van der Waals surface area contributed by atoms with Crippen molar-refractivity contribution in [3.8, 4) is 0 Å². The molecule has 0 amide bonds. The molecule has 0 bridgehead atoms. The Morgan fingerprint density at radius 3 is 1.21 bits per heavy atom. The Labute approximate surface area is 185 Å². The van der Waals surface area contributed by atoms with Crippen molar-refractivity contribution in [3.63, 3.8) is 0 Å². The maximum Gasteiger partial charge on any atom is 0.0638 e. The Hall–Kier alpha value is -0.0400. The molecule has 0 heterocycles. The van der Waals surface area contributed by atoms with Crippen LogP contribution in [0.2, 0.25) is 0 Å². The maximum atomic E-state index is 6.41. The molecule has 1 aliphatic carbocycles. The first kappa shape index (κ1) is 27.0. The molecule has 1 heteroatoms. The van der Waals surface area contributed by atoms with E-state index in [1.165, 1.54) is 32.1 Å². The molecule has 0 aromatic heterocycles. The molecular weight excluding hydrogens is 352 g/mol. The molecule has 0 aromatic rings. The lowest BCUT2D eigenvalue weighted by Crippen LogP contribution is -2.42. The fourth-order valence-corrected chi connectivity index (χ4v) is 6.31. The lowest BCUT2D eigenvalue weighted by Gasteiger charge is -2.50. The van der Waals surface area contributed by atoms with Gasteiger partial charge in [0, 0.05) is 0 Å². The molecule has 1 rings (SSSR count). The SMILES string of the molecule is CC(C)(C)OC(C)(C)CC(C)(C)C1CCC(C(C)(C)CC(C)(C)C(C)(C)C)CC1. The summed E-state index contributed by atoms with van der Waals surface area (Å²) in [5.41, 5.74) is 1.30. The van der Waals surface area contributed by atoms with Gasteiger partial charge < -0.3 is 4.74 Å². The van der Waals surface area contributed by atoms with Crippen LogP contribution in [0.3, 0.4) is 0 Å². The Bertz CT molecular complexity index is 513. The van der Waals surface area contributed by atoms with Crippen LogP contribution in [-0.4, -0.2) is 11.2 Å². The third kappa shape index (κ3) is 7.86. The van der Waals surface area contributed by atoms with E-state index in [4.69, 9.17) is 4.74 Å². The van der Waals surface area contributed by atoms with Gasteiger partial charge >= 0.3 is 0 Å². The number of hydrogen-bond acceptors (Lipinski definition) is 1. The summed E-state index contributed by atoms with van der Waals surface area (Å²) in [7, 11) is 0. The maximum absolute atomic E-state index is 6.41. The summed E-state index contributed by atoms with van der Waals surface area (Å²) in [6.07, 6.45) is 7.98. The summed E-state index contributed by atoms with van der Waals surface area (Å²) in [5.74, 6) is 1.67. The van der Waals surface area contributed by atoms with Gasteiger partial charge in [0.15, 0.2) is 0 Å². The molecule has 0 aromatic carbocycles. The topological polar surface area (TPSA) is 9.23 Å². The molecule has 0 atom stereocenters. The van der Waals surface area contributed by atoms with E-state index in [1.807, 2.05) is 0 Å². The van der Waals surface area contributed by atoms with Crippen LogP contribution in [0.4, 0.5) is 0 Å². The molecule has 0 aliphatic heterocycles. The monoisotopic (exact) mass is 408 g/mol. The van der Waals surface area contributed by atoms with Gasteiger partial charge in [-0.25, -0.2) is 0 Å². The number of rotatable bonds is 7. The van der Waals surface area contributed by atoms with Crippen molar-refractivity contribution < 1.29 is 4.74 Å². The highest BCUT2D eigenvalue weighted by Crippen LogP contribution is 2.54. The van der Waals surface area contributed by atoms with Gasteiger partial charge in [-0.15, -0.1) is 0 Å². The molecule has 1 fully saturated rings. The van der Waals surface area contributed by atoms with E-state index >= 15 is 0 Å². The minimum atomic E-state index is -0.0822. The van der Waals surface area contributed by atoms with Gasteiger partial charge in [-0.3, -0.25) is 0 Å². The van der Waals surface area contributed by atoms with Crippen molar-refractivity contribution in [1.82, 2.24) is 0 Å². The Morgan fingerprint density at radius 2 is 0.897 bits per heavy atom. The van der Waals surface area contributed by atoms with Crippen molar-refractivity contribution in [1.29, 1.82) is 0 Å². The molecule has 1 nitrogen and oxygen atoms in total. The molecule has 174 valence electrons. The lowest BCUT2D eigenvalue weighted by atomic mass is 9.56. The van der Waals surface area contributed by atoms with E-state index in [0.29, 0.717) is 21.7 Å². The van der Waals surface area contributed by atoms with E-state index in [1.54, 1.807) is 0 Å². The molecule has 0 spiro atoms. The van der Waals surface area contributed by atoms with Gasteiger partial charge in [0.1, 0.15) is 0 Å². The summed E-state index contributed by atoms with van der Waals surface area (Å²) in [5, 5.41) is 0. The molecular formula is C28H56O.